The molecule has 0 aliphatic carbocycles. The van der Waals surface area contributed by atoms with E-state index in [1.165, 1.54) is 0 Å². The van der Waals surface area contributed by atoms with Gasteiger partial charge in [-0.25, -0.2) is 4.98 Å². The van der Waals surface area contributed by atoms with E-state index in [2.05, 4.69) is 17.2 Å². The number of halogens is 1. The van der Waals surface area contributed by atoms with Gasteiger partial charge in [-0.05, 0) is 37.4 Å². The Morgan fingerprint density at radius 2 is 2.20 bits per heavy atom. The molecule has 0 saturated heterocycles. The SMILES string of the molecule is CCCC(CCO)CNCc1cn2cc(Cl)ccc2n1. The summed E-state index contributed by atoms with van der Waals surface area (Å²) >= 11 is 5.96. The zero-order valence-corrected chi connectivity index (χ0v) is 12.6. The van der Waals surface area contributed by atoms with Gasteiger partial charge in [-0.1, -0.05) is 24.9 Å². The van der Waals surface area contributed by atoms with Gasteiger partial charge in [0, 0.05) is 25.5 Å². The molecule has 2 aromatic heterocycles. The molecule has 2 N–H and O–H groups in total. The van der Waals surface area contributed by atoms with E-state index < -0.39 is 0 Å². The number of hydrogen-bond donors (Lipinski definition) is 2. The van der Waals surface area contributed by atoms with Gasteiger partial charge in [0.05, 0.1) is 10.7 Å². The summed E-state index contributed by atoms with van der Waals surface area (Å²) in [6.45, 7) is 4.10. The fourth-order valence-electron chi connectivity index (χ4n) is 2.45. The van der Waals surface area contributed by atoms with Gasteiger partial charge in [-0.2, -0.15) is 0 Å². The molecule has 20 heavy (non-hydrogen) atoms. The number of nitrogens with one attached hydrogen (secondary N) is 1. The molecule has 110 valence electrons. The van der Waals surface area contributed by atoms with E-state index in [1.54, 1.807) is 0 Å². The first-order chi connectivity index (χ1) is 9.72. The number of pyridine rings is 1. The van der Waals surface area contributed by atoms with Crippen LogP contribution in [0.3, 0.4) is 0 Å². The second-order valence-electron chi connectivity index (χ2n) is 5.14. The molecule has 1 unspecified atom stereocenters. The minimum absolute atomic E-state index is 0.263. The van der Waals surface area contributed by atoms with E-state index in [0.29, 0.717) is 10.9 Å². The molecular weight excluding hydrogens is 274 g/mol. The summed E-state index contributed by atoms with van der Waals surface area (Å²) in [4.78, 5) is 4.54. The van der Waals surface area contributed by atoms with Crippen LogP contribution in [0.1, 0.15) is 31.9 Å². The number of aromatic nitrogens is 2. The number of hydrogen-bond acceptors (Lipinski definition) is 3. The van der Waals surface area contributed by atoms with E-state index >= 15 is 0 Å². The molecule has 4 nitrogen and oxygen atoms in total. The van der Waals surface area contributed by atoms with Crippen LogP contribution < -0.4 is 5.32 Å². The molecular formula is C15H22ClN3O. The van der Waals surface area contributed by atoms with Crippen LogP contribution in [0.4, 0.5) is 0 Å². The van der Waals surface area contributed by atoms with Gasteiger partial charge in [0.15, 0.2) is 0 Å². The lowest BCUT2D eigenvalue weighted by molar-refractivity contribution is 0.248. The van der Waals surface area contributed by atoms with Crippen molar-refractivity contribution in [2.45, 2.75) is 32.7 Å². The van der Waals surface area contributed by atoms with E-state index in [0.717, 1.165) is 43.7 Å². The number of rotatable bonds is 8. The molecule has 0 amide bonds. The van der Waals surface area contributed by atoms with Gasteiger partial charge in [0.25, 0.3) is 0 Å². The average Bonchev–Trinajstić information content (AvgIpc) is 2.81. The molecule has 0 saturated carbocycles. The predicted molar refractivity (Wildman–Crippen MR) is 82.0 cm³/mol. The molecule has 0 spiro atoms. The largest absolute Gasteiger partial charge is 0.396 e. The van der Waals surface area contributed by atoms with Crippen molar-refractivity contribution in [2.24, 2.45) is 5.92 Å². The maximum absolute atomic E-state index is 9.04. The first-order valence-corrected chi connectivity index (χ1v) is 7.55. The maximum Gasteiger partial charge on any atom is 0.137 e. The minimum Gasteiger partial charge on any atom is -0.396 e. The van der Waals surface area contributed by atoms with Crippen LogP contribution in [0.2, 0.25) is 5.02 Å². The molecule has 0 bridgehead atoms. The van der Waals surface area contributed by atoms with Gasteiger partial charge in [0.2, 0.25) is 0 Å². The third-order valence-corrected chi connectivity index (χ3v) is 3.66. The average molecular weight is 296 g/mol. The lowest BCUT2D eigenvalue weighted by Crippen LogP contribution is -2.23. The van der Waals surface area contributed by atoms with Crippen molar-refractivity contribution >= 4 is 17.2 Å². The van der Waals surface area contributed by atoms with Crippen LogP contribution in [0.5, 0.6) is 0 Å². The van der Waals surface area contributed by atoms with Crippen molar-refractivity contribution in [2.75, 3.05) is 13.2 Å². The second kappa shape index (κ2) is 7.62. The van der Waals surface area contributed by atoms with Crippen LogP contribution in [-0.2, 0) is 6.54 Å². The first-order valence-electron chi connectivity index (χ1n) is 7.17. The van der Waals surface area contributed by atoms with Gasteiger partial charge in [0.1, 0.15) is 5.65 Å². The number of nitrogens with zero attached hydrogens (tertiary/aromatic N) is 2. The molecule has 2 aromatic rings. The second-order valence-corrected chi connectivity index (χ2v) is 5.58. The van der Waals surface area contributed by atoms with Gasteiger partial charge < -0.3 is 14.8 Å². The van der Waals surface area contributed by atoms with Crippen LogP contribution in [0, 0.1) is 5.92 Å². The molecule has 0 radical (unpaired) electrons. The van der Waals surface area contributed by atoms with E-state index in [9.17, 15) is 0 Å². The monoisotopic (exact) mass is 295 g/mol. The third kappa shape index (κ3) is 4.20. The highest BCUT2D eigenvalue weighted by Crippen LogP contribution is 2.12. The molecule has 0 fully saturated rings. The van der Waals surface area contributed by atoms with Crippen molar-refractivity contribution in [1.29, 1.82) is 0 Å². The fourth-order valence-corrected chi connectivity index (χ4v) is 2.61. The van der Waals surface area contributed by atoms with Crippen LogP contribution in [0.15, 0.2) is 24.5 Å². The third-order valence-electron chi connectivity index (χ3n) is 3.44. The Morgan fingerprint density at radius 1 is 1.35 bits per heavy atom. The Hall–Kier alpha value is -1.10. The quantitative estimate of drug-likeness (QED) is 0.787. The maximum atomic E-state index is 9.04. The zero-order chi connectivity index (χ0) is 14.4. The zero-order valence-electron chi connectivity index (χ0n) is 11.8. The number of aliphatic hydroxyl groups is 1. The number of aliphatic hydroxyl groups excluding tert-OH is 1. The summed E-state index contributed by atoms with van der Waals surface area (Å²) in [6, 6.07) is 3.76. The molecule has 1 atom stereocenters. The Bertz CT molecular complexity index is 535. The van der Waals surface area contributed by atoms with E-state index in [-0.39, 0.29) is 6.61 Å². The summed E-state index contributed by atoms with van der Waals surface area (Å²) in [5.74, 6) is 0.538. The van der Waals surface area contributed by atoms with Crippen molar-refractivity contribution < 1.29 is 5.11 Å². The highest BCUT2D eigenvalue weighted by molar-refractivity contribution is 6.30. The van der Waals surface area contributed by atoms with Crippen molar-refractivity contribution in [3.8, 4) is 0 Å². The highest BCUT2D eigenvalue weighted by atomic mass is 35.5. The summed E-state index contributed by atoms with van der Waals surface area (Å²) in [5, 5.41) is 13.2. The minimum atomic E-state index is 0.263. The lowest BCUT2D eigenvalue weighted by atomic mass is 10.0. The highest BCUT2D eigenvalue weighted by Gasteiger charge is 2.07. The normalized spacial score (nSPS) is 12.9. The summed E-state index contributed by atoms with van der Waals surface area (Å²) in [5.41, 5.74) is 1.91. The van der Waals surface area contributed by atoms with E-state index in [1.807, 2.05) is 28.9 Å². The van der Waals surface area contributed by atoms with Gasteiger partial charge >= 0.3 is 0 Å². The Labute approximate surface area is 124 Å². The van der Waals surface area contributed by atoms with Gasteiger partial charge in [-0.15, -0.1) is 0 Å². The standard InChI is InChI=1S/C15H22ClN3O/c1-2-3-12(6-7-20)8-17-9-14-11-19-10-13(16)4-5-15(19)18-14/h4-5,10-12,17,20H,2-3,6-9H2,1H3. The first kappa shape index (κ1) is 15.3. The van der Waals surface area contributed by atoms with E-state index in [4.69, 9.17) is 16.7 Å². The predicted octanol–water partition coefficient (Wildman–Crippen LogP) is 2.88. The molecule has 5 heteroatoms. The smallest absolute Gasteiger partial charge is 0.137 e. The summed E-state index contributed by atoms with van der Waals surface area (Å²) < 4.78 is 1.94. The Kier molecular flexibility index (Phi) is 5.83. The summed E-state index contributed by atoms with van der Waals surface area (Å²) in [7, 11) is 0. The van der Waals surface area contributed by atoms with Crippen LogP contribution in [-0.4, -0.2) is 27.6 Å². The molecule has 0 aromatic carbocycles. The van der Waals surface area contributed by atoms with Gasteiger partial charge in [-0.3, -0.25) is 0 Å². The fraction of sp³-hybridized carbons (Fsp3) is 0.533. The molecule has 0 aliphatic rings. The Balaban J connectivity index is 1.88. The Morgan fingerprint density at radius 3 is 2.95 bits per heavy atom. The van der Waals surface area contributed by atoms with Crippen LogP contribution >= 0.6 is 11.6 Å². The van der Waals surface area contributed by atoms with Crippen molar-refractivity contribution in [3.63, 3.8) is 0 Å². The molecule has 0 aliphatic heterocycles. The topological polar surface area (TPSA) is 49.6 Å². The number of imidazole rings is 1. The number of fused-ring (bicyclic) bond motifs is 1. The lowest BCUT2D eigenvalue weighted by Gasteiger charge is -2.14. The van der Waals surface area contributed by atoms with Crippen molar-refractivity contribution in [3.05, 3.63) is 35.2 Å². The molecule has 2 heterocycles. The van der Waals surface area contributed by atoms with Crippen molar-refractivity contribution in [1.82, 2.24) is 14.7 Å². The molecule has 2 rings (SSSR count). The van der Waals surface area contributed by atoms with Crippen LogP contribution in [0.25, 0.3) is 5.65 Å². The summed E-state index contributed by atoms with van der Waals surface area (Å²) in [6.07, 6.45) is 7.02.